The van der Waals surface area contributed by atoms with Crippen molar-refractivity contribution in [2.75, 3.05) is 6.61 Å². The maximum absolute atomic E-state index is 12.3. The van der Waals surface area contributed by atoms with Crippen LogP contribution in [0.1, 0.15) is 18.4 Å². The van der Waals surface area contributed by atoms with Gasteiger partial charge in [0.15, 0.2) is 5.78 Å². The van der Waals surface area contributed by atoms with Crippen LogP contribution in [-0.2, 0) is 25.7 Å². The quantitative estimate of drug-likeness (QED) is 0.208. The van der Waals surface area contributed by atoms with Gasteiger partial charge in [-0.3, -0.25) is 4.79 Å². The van der Waals surface area contributed by atoms with Gasteiger partial charge in [-0.1, -0.05) is 24.3 Å². The molecule has 1 aliphatic carbocycles. The van der Waals surface area contributed by atoms with Crippen LogP contribution in [0.25, 0.3) is 0 Å². The predicted octanol–water partition coefficient (Wildman–Crippen LogP) is -1.44. The van der Waals surface area contributed by atoms with E-state index in [-0.39, 0.29) is 18.8 Å². The van der Waals surface area contributed by atoms with Crippen molar-refractivity contribution in [1.82, 2.24) is 0 Å². The molecule has 10 heteroatoms. The number of esters is 1. The van der Waals surface area contributed by atoms with Crippen LogP contribution in [-0.4, -0.2) is 80.2 Å². The maximum Gasteiger partial charge on any atom is 0.350 e. The molecule has 1 aromatic carbocycles. The summed E-state index contributed by atoms with van der Waals surface area (Å²) in [5.41, 5.74) is -2.00. The Kier molecular flexibility index (Phi) is 6.86. The number of Topliss-reactive ketones (excluding diaryl/α,β-unsaturated/α-hetero) is 1. The highest BCUT2D eigenvalue weighted by Crippen LogP contribution is 2.28. The van der Waals surface area contributed by atoms with Crippen LogP contribution < -0.4 is 4.74 Å². The first-order valence-corrected chi connectivity index (χ1v) is 9.43. The fourth-order valence-electron chi connectivity index (χ4n) is 3.21. The van der Waals surface area contributed by atoms with Crippen LogP contribution in [0.15, 0.2) is 36.4 Å². The standard InChI is InChI=1S/C20H24O10/c21-9-13-15(23)16(24)17(25)18(30-13)29-12-6-2-1-5-11(12)10-28-19(26)20(27)8-4-3-7-14(20)22/h1-2,4-6,8,13,15-18,21,23-25,27H,3,7,9-10H2/t13-,15-,16+,17-,18-,20-/m1/s1. The van der Waals surface area contributed by atoms with E-state index in [0.717, 1.165) is 6.08 Å². The van der Waals surface area contributed by atoms with Crippen molar-refractivity contribution >= 4 is 11.8 Å². The number of hydrogen-bond donors (Lipinski definition) is 5. The van der Waals surface area contributed by atoms with Crippen molar-refractivity contribution in [3.05, 3.63) is 42.0 Å². The van der Waals surface area contributed by atoms with Crippen LogP contribution in [0.3, 0.4) is 0 Å². The van der Waals surface area contributed by atoms with Crippen molar-refractivity contribution in [3.8, 4) is 5.75 Å². The van der Waals surface area contributed by atoms with E-state index >= 15 is 0 Å². The Balaban J connectivity index is 1.70. The zero-order valence-corrected chi connectivity index (χ0v) is 16.0. The zero-order chi connectivity index (χ0) is 21.9. The van der Waals surface area contributed by atoms with Gasteiger partial charge >= 0.3 is 5.97 Å². The Hall–Kier alpha value is -2.34. The number of allylic oxidation sites excluding steroid dienone is 1. The van der Waals surface area contributed by atoms with Gasteiger partial charge in [0.2, 0.25) is 11.9 Å². The molecule has 1 saturated heterocycles. The summed E-state index contributed by atoms with van der Waals surface area (Å²) in [7, 11) is 0. The molecular weight excluding hydrogens is 400 g/mol. The normalized spacial score (nSPS) is 33.9. The number of ether oxygens (including phenoxy) is 3. The van der Waals surface area contributed by atoms with Gasteiger partial charge in [0.05, 0.1) is 6.61 Å². The average Bonchev–Trinajstić information content (AvgIpc) is 2.75. The molecule has 0 aromatic heterocycles. The summed E-state index contributed by atoms with van der Waals surface area (Å²) in [4.78, 5) is 24.2. The molecule has 164 valence electrons. The van der Waals surface area contributed by atoms with E-state index in [4.69, 9.17) is 14.2 Å². The molecule has 0 radical (unpaired) electrons. The Bertz CT molecular complexity index is 807. The predicted molar refractivity (Wildman–Crippen MR) is 99.0 cm³/mol. The van der Waals surface area contributed by atoms with E-state index in [9.17, 15) is 35.1 Å². The minimum Gasteiger partial charge on any atom is -0.462 e. The summed E-state index contributed by atoms with van der Waals surface area (Å²) in [5, 5.41) is 49.4. The largest absolute Gasteiger partial charge is 0.462 e. The van der Waals surface area contributed by atoms with Gasteiger partial charge in [-0.25, -0.2) is 4.79 Å². The number of rotatable bonds is 6. The van der Waals surface area contributed by atoms with Gasteiger partial charge in [-0.05, 0) is 18.6 Å². The van der Waals surface area contributed by atoms with Gasteiger partial charge in [-0.15, -0.1) is 0 Å². The molecule has 0 bridgehead atoms. The van der Waals surface area contributed by atoms with Crippen LogP contribution in [0.2, 0.25) is 0 Å². The summed E-state index contributed by atoms with van der Waals surface area (Å²) >= 11 is 0. The minimum atomic E-state index is -2.33. The molecule has 0 saturated carbocycles. The summed E-state index contributed by atoms with van der Waals surface area (Å²) in [6.45, 7) is -0.958. The van der Waals surface area contributed by atoms with E-state index in [1.54, 1.807) is 18.2 Å². The number of hydrogen-bond acceptors (Lipinski definition) is 10. The molecule has 10 nitrogen and oxygen atoms in total. The third kappa shape index (κ3) is 4.38. The first-order chi connectivity index (χ1) is 14.3. The maximum atomic E-state index is 12.3. The molecule has 0 unspecified atom stereocenters. The number of carbonyl (C=O) groups excluding carboxylic acids is 2. The summed E-state index contributed by atoms with van der Waals surface area (Å²) < 4.78 is 16.0. The second-order valence-electron chi connectivity index (χ2n) is 7.13. The second kappa shape index (κ2) is 9.21. The number of carbonyl (C=O) groups is 2. The lowest BCUT2D eigenvalue weighted by Crippen LogP contribution is -2.60. The number of benzene rings is 1. The number of aliphatic hydroxyl groups excluding tert-OH is 4. The Morgan fingerprint density at radius 3 is 2.60 bits per heavy atom. The minimum absolute atomic E-state index is 0.0267. The SMILES string of the molecule is O=C1CCC=C[C@]1(O)C(=O)OCc1ccccc1O[C@@H]1O[C@H](CO)[C@@H](O)[C@H](O)[C@H]1O. The molecule has 2 aliphatic rings. The molecule has 6 atom stereocenters. The van der Waals surface area contributed by atoms with E-state index in [0.29, 0.717) is 12.0 Å². The molecule has 1 fully saturated rings. The fourth-order valence-corrected chi connectivity index (χ4v) is 3.21. The van der Waals surface area contributed by atoms with Crippen LogP contribution in [0.5, 0.6) is 5.75 Å². The monoisotopic (exact) mass is 424 g/mol. The van der Waals surface area contributed by atoms with Crippen molar-refractivity contribution in [2.24, 2.45) is 0 Å². The van der Waals surface area contributed by atoms with Crippen LogP contribution in [0.4, 0.5) is 0 Å². The van der Waals surface area contributed by atoms with Crippen molar-refractivity contribution in [1.29, 1.82) is 0 Å². The fraction of sp³-hybridized carbons (Fsp3) is 0.500. The van der Waals surface area contributed by atoms with Crippen LogP contribution >= 0.6 is 0 Å². The highest BCUT2D eigenvalue weighted by molar-refractivity contribution is 6.09. The van der Waals surface area contributed by atoms with Crippen molar-refractivity contribution in [3.63, 3.8) is 0 Å². The zero-order valence-electron chi connectivity index (χ0n) is 16.0. The topological polar surface area (TPSA) is 163 Å². The lowest BCUT2D eigenvalue weighted by Gasteiger charge is -2.39. The van der Waals surface area contributed by atoms with E-state index in [1.807, 2.05) is 0 Å². The lowest BCUT2D eigenvalue weighted by atomic mass is 9.90. The number of ketones is 1. The van der Waals surface area contributed by atoms with Crippen molar-refractivity contribution < 1.29 is 49.3 Å². The third-order valence-electron chi connectivity index (χ3n) is 5.06. The second-order valence-corrected chi connectivity index (χ2v) is 7.13. The molecule has 30 heavy (non-hydrogen) atoms. The van der Waals surface area contributed by atoms with E-state index < -0.39 is 54.7 Å². The first kappa shape index (κ1) is 22.3. The number of aliphatic hydroxyl groups is 5. The summed E-state index contributed by atoms with van der Waals surface area (Å²) in [6, 6.07) is 6.27. The third-order valence-corrected chi connectivity index (χ3v) is 5.06. The van der Waals surface area contributed by atoms with Crippen LogP contribution in [0, 0.1) is 0 Å². The Morgan fingerprint density at radius 2 is 1.90 bits per heavy atom. The van der Waals surface area contributed by atoms with E-state index in [2.05, 4.69) is 0 Å². The molecule has 5 N–H and O–H groups in total. The molecule has 0 amide bonds. The molecule has 1 aromatic rings. The van der Waals surface area contributed by atoms with Crippen molar-refractivity contribution in [2.45, 2.75) is 55.8 Å². The first-order valence-electron chi connectivity index (χ1n) is 9.43. The summed E-state index contributed by atoms with van der Waals surface area (Å²) in [6.07, 6.45) is -4.20. The van der Waals surface area contributed by atoms with Gasteiger partial charge in [0.1, 0.15) is 36.8 Å². The Morgan fingerprint density at radius 1 is 1.17 bits per heavy atom. The molecule has 1 aliphatic heterocycles. The number of para-hydroxylation sites is 1. The van der Waals surface area contributed by atoms with Gasteiger partial charge in [0.25, 0.3) is 0 Å². The van der Waals surface area contributed by atoms with Gasteiger partial charge < -0.3 is 39.7 Å². The smallest absolute Gasteiger partial charge is 0.350 e. The molecule has 0 spiro atoms. The molecular formula is C20H24O10. The summed E-state index contributed by atoms with van der Waals surface area (Å²) in [5.74, 6) is -1.64. The molecule has 3 rings (SSSR count). The average molecular weight is 424 g/mol. The lowest BCUT2D eigenvalue weighted by molar-refractivity contribution is -0.277. The highest BCUT2D eigenvalue weighted by Gasteiger charge is 2.45. The highest BCUT2D eigenvalue weighted by atomic mass is 16.7. The molecule has 1 heterocycles. The van der Waals surface area contributed by atoms with E-state index in [1.165, 1.54) is 12.1 Å². The Labute approximate surface area is 171 Å². The van der Waals surface area contributed by atoms with Gasteiger partial charge in [-0.2, -0.15) is 0 Å². The van der Waals surface area contributed by atoms with Gasteiger partial charge in [0, 0.05) is 12.0 Å².